The van der Waals surface area contributed by atoms with Gasteiger partial charge in [0.2, 0.25) is 0 Å². The van der Waals surface area contributed by atoms with Crippen molar-refractivity contribution in [1.82, 2.24) is 10.3 Å². The summed E-state index contributed by atoms with van der Waals surface area (Å²) in [5, 5.41) is 2.78. The molecule has 0 aliphatic rings. The Kier molecular flexibility index (Phi) is 5.09. The van der Waals surface area contributed by atoms with Crippen LogP contribution in [-0.4, -0.2) is 24.0 Å². The molecule has 5 heteroatoms. The first-order valence-electron chi connectivity index (χ1n) is 7.07. The lowest BCUT2D eigenvalue weighted by Gasteiger charge is -2.15. The molecule has 1 heterocycles. The predicted molar refractivity (Wildman–Crippen MR) is 82.6 cm³/mol. The highest BCUT2D eigenvalue weighted by atomic mass is 19.1. The van der Waals surface area contributed by atoms with Crippen molar-refractivity contribution < 1.29 is 13.9 Å². The van der Waals surface area contributed by atoms with Crippen molar-refractivity contribution in [2.75, 3.05) is 7.11 Å². The molecule has 0 saturated heterocycles. The second-order valence-corrected chi connectivity index (χ2v) is 5.17. The molecule has 1 aromatic carbocycles. The van der Waals surface area contributed by atoms with Gasteiger partial charge in [-0.25, -0.2) is 4.39 Å². The molecule has 0 spiro atoms. The fourth-order valence-corrected chi connectivity index (χ4v) is 2.27. The van der Waals surface area contributed by atoms with Crippen LogP contribution < -0.4 is 10.1 Å². The fourth-order valence-electron chi connectivity index (χ4n) is 2.27. The average molecular weight is 302 g/mol. The number of rotatable bonds is 5. The minimum atomic E-state index is -0.599. The maximum absolute atomic E-state index is 13.9. The number of amides is 1. The van der Waals surface area contributed by atoms with Crippen molar-refractivity contribution in [2.45, 2.75) is 26.3 Å². The number of methoxy groups -OCH3 is 1. The molecule has 2 rings (SSSR count). The first-order chi connectivity index (χ1) is 10.5. The number of carbonyl (C=O) groups is 1. The zero-order valence-corrected chi connectivity index (χ0v) is 12.9. The Balaban J connectivity index is 2.09. The largest absolute Gasteiger partial charge is 0.496 e. The number of halogens is 1. The number of aromatic nitrogens is 1. The van der Waals surface area contributed by atoms with E-state index in [2.05, 4.69) is 10.3 Å². The van der Waals surface area contributed by atoms with Crippen LogP contribution in [0.1, 0.15) is 28.7 Å². The maximum atomic E-state index is 13.9. The summed E-state index contributed by atoms with van der Waals surface area (Å²) >= 11 is 0. The molecule has 1 amide bonds. The molecule has 0 aliphatic heterocycles. The molecule has 4 nitrogen and oxygen atoms in total. The van der Waals surface area contributed by atoms with E-state index in [1.807, 2.05) is 32.0 Å². The molecule has 22 heavy (non-hydrogen) atoms. The highest BCUT2D eigenvalue weighted by Gasteiger charge is 2.19. The molecular weight excluding hydrogens is 283 g/mol. The van der Waals surface area contributed by atoms with Gasteiger partial charge in [-0.3, -0.25) is 9.78 Å². The molecular formula is C17H19FN2O2. The highest BCUT2D eigenvalue weighted by molar-refractivity contribution is 5.97. The molecule has 1 atom stereocenters. The summed E-state index contributed by atoms with van der Waals surface area (Å²) in [6, 6.07) is 9.87. The topological polar surface area (TPSA) is 51.2 Å². The predicted octanol–water partition coefficient (Wildman–Crippen LogP) is 2.90. The average Bonchev–Trinajstić information content (AvgIpc) is 2.46. The van der Waals surface area contributed by atoms with E-state index in [4.69, 9.17) is 4.74 Å². The van der Waals surface area contributed by atoms with E-state index in [9.17, 15) is 9.18 Å². The summed E-state index contributed by atoms with van der Waals surface area (Å²) in [6.45, 7) is 3.77. The van der Waals surface area contributed by atoms with Crippen molar-refractivity contribution >= 4 is 5.91 Å². The van der Waals surface area contributed by atoms with E-state index in [0.29, 0.717) is 6.42 Å². The number of ether oxygens (including phenoxy) is 1. The van der Waals surface area contributed by atoms with E-state index in [1.165, 1.54) is 19.2 Å². The van der Waals surface area contributed by atoms with Gasteiger partial charge in [-0.2, -0.15) is 0 Å². The molecule has 0 fully saturated rings. The van der Waals surface area contributed by atoms with Crippen LogP contribution in [0.5, 0.6) is 5.75 Å². The van der Waals surface area contributed by atoms with E-state index in [1.54, 1.807) is 6.07 Å². The van der Waals surface area contributed by atoms with Gasteiger partial charge in [0, 0.05) is 23.9 Å². The lowest BCUT2D eigenvalue weighted by atomic mass is 10.1. The standard InChI is InChI=1S/C17H19FN2O2/c1-11-6-4-7-13(19-11)10-12(2)20-17(21)16-14(18)8-5-9-15(16)22-3/h4-9,12H,10H2,1-3H3,(H,20,21)/t12-/m1/s1. The first-order valence-corrected chi connectivity index (χ1v) is 7.07. The SMILES string of the molecule is COc1cccc(F)c1C(=O)N[C@H](C)Cc1cccc(C)n1. The second kappa shape index (κ2) is 7.02. The van der Waals surface area contributed by atoms with Gasteiger partial charge in [-0.05, 0) is 38.1 Å². The third-order valence-electron chi connectivity index (χ3n) is 3.26. The van der Waals surface area contributed by atoms with E-state index in [0.717, 1.165) is 11.4 Å². The van der Waals surface area contributed by atoms with Crippen LogP contribution in [0.25, 0.3) is 0 Å². The Bertz CT molecular complexity index is 673. The summed E-state index contributed by atoms with van der Waals surface area (Å²) in [5.74, 6) is -0.869. The Hall–Kier alpha value is -2.43. The van der Waals surface area contributed by atoms with Gasteiger partial charge in [0.15, 0.2) is 0 Å². The van der Waals surface area contributed by atoms with Crippen molar-refractivity contribution in [3.05, 3.63) is 59.2 Å². The van der Waals surface area contributed by atoms with Crippen LogP contribution in [0.2, 0.25) is 0 Å². The minimum Gasteiger partial charge on any atom is -0.496 e. The third-order valence-corrected chi connectivity index (χ3v) is 3.26. The van der Waals surface area contributed by atoms with Crippen LogP contribution in [0.3, 0.4) is 0 Å². The lowest BCUT2D eigenvalue weighted by molar-refractivity contribution is 0.0932. The van der Waals surface area contributed by atoms with Crippen LogP contribution in [-0.2, 0) is 6.42 Å². The minimum absolute atomic E-state index is 0.0750. The van der Waals surface area contributed by atoms with Crippen molar-refractivity contribution in [3.8, 4) is 5.75 Å². The molecule has 0 saturated carbocycles. The van der Waals surface area contributed by atoms with E-state index < -0.39 is 11.7 Å². The Morgan fingerprint density at radius 3 is 2.73 bits per heavy atom. The van der Waals surface area contributed by atoms with Gasteiger partial charge in [0.05, 0.1) is 7.11 Å². The fraction of sp³-hybridized carbons (Fsp3) is 0.294. The number of nitrogens with zero attached hydrogens (tertiary/aromatic N) is 1. The van der Waals surface area contributed by atoms with Gasteiger partial charge in [-0.1, -0.05) is 12.1 Å². The van der Waals surface area contributed by atoms with Crippen LogP contribution >= 0.6 is 0 Å². The molecule has 0 bridgehead atoms. The van der Waals surface area contributed by atoms with Crippen LogP contribution in [0.4, 0.5) is 4.39 Å². The quantitative estimate of drug-likeness (QED) is 0.924. The molecule has 116 valence electrons. The summed E-state index contributed by atoms with van der Waals surface area (Å²) in [6.07, 6.45) is 0.574. The van der Waals surface area contributed by atoms with Crippen LogP contribution in [0.15, 0.2) is 36.4 Å². The zero-order valence-electron chi connectivity index (χ0n) is 12.9. The number of hydrogen-bond donors (Lipinski definition) is 1. The normalized spacial score (nSPS) is 11.8. The number of pyridine rings is 1. The number of nitrogens with one attached hydrogen (secondary N) is 1. The van der Waals surface area contributed by atoms with Crippen molar-refractivity contribution in [3.63, 3.8) is 0 Å². The third kappa shape index (κ3) is 3.81. The van der Waals surface area contributed by atoms with E-state index in [-0.39, 0.29) is 17.4 Å². The lowest BCUT2D eigenvalue weighted by Crippen LogP contribution is -2.35. The van der Waals surface area contributed by atoms with Crippen molar-refractivity contribution in [1.29, 1.82) is 0 Å². The molecule has 2 aromatic rings. The Morgan fingerprint density at radius 1 is 1.32 bits per heavy atom. The molecule has 0 aliphatic carbocycles. The molecule has 1 aromatic heterocycles. The number of hydrogen-bond acceptors (Lipinski definition) is 3. The number of aryl methyl sites for hydroxylation is 1. The van der Waals surface area contributed by atoms with Gasteiger partial charge in [-0.15, -0.1) is 0 Å². The number of benzene rings is 1. The molecule has 0 radical (unpaired) electrons. The first kappa shape index (κ1) is 15.9. The second-order valence-electron chi connectivity index (χ2n) is 5.17. The van der Waals surface area contributed by atoms with Crippen molar-refractivity contribution in [2.24, 2.45) is 0 Å². The monoisotopic (exact) mass is 302 g/mol. The number of carbonyl (C=O) groups excluding carboxylic acids is 1. The van der Waals surface area contributed by atoms with E-state index >= 15 is 0 Å². The van der Waals surface area contributed by atoms with Gasteiger partial charge in [0.1, 0.15) is 17.1 Å². The summed E-state index contributed by atoms with van der Waals surface area (Å²) in [7, 11) is 1.41. The van der Waals surface area contributed by atoms with Gasteiger partial charge in [0.25, 0.3) is 5.91 Å². The summed E-state index contributed by atoms with van der Waals surface area (Å²) < 4.78 is 18.9. The summed E-state index contributed by atoms with van der Waals surface area (Å²) in [5.41, 5.74) is 1.73. The smallest absolute Gasteiger partial charge is 0.258 e. The van der Waals surface area contributed by atoms with Gasteiger partial charge < -0.3 is 10.1 Å². The van der Waals surface area contributed by atoms with Gasteiger partial charge >= 0.3 is 0 Å². The summed E-state index contributed by atoms with van der Waals surface area (Å²) in [4.78, 5) is 16.7. The maximum Gasteiger partial charge on any atom is 0.258 e. The zero-order chi connectivity index (χ0) is 16.1. The Labute approximate surface area is 129 Å². The molecule has 1 N–H and O–H groups in total. The molecule has 0 unspecified atom stereocenters. The Morgan fingerprint density at radius 2 is 2.05 bits per heavy atom. The van der Waals surface area contributed by atoms with Crippen LogP contribution in [0, 0.1) is 12.7 Å². The highest BCUT2D eigenvalue weighted by Crippen LogP contribution is 2.21.